The fourth-order valence-corrected chi connectivity index (χ4v) is 4.54. The van der Waals surface area contributed by atoms with E-state index in [-0.39, 0.29) is 5.91 Å². The molecule has 5 nitrogen and oxygen atoms in total. The third kappa shape index (κ3) is 4.16. The number of fused-ring (bicyclic) bond motifs is 1. The van der Waals surface area contributed by atoms with E-state index in [9.17, 15) is 9.59 Å². The van der Waals surface area contributed by atoms with Gasteiger partial charge in [-0.25, -0.2) is 4.79 Å². The number of ether oxygens (including phenoxy) is 2. The van der Waals surface area contributed by atoms with Crippen molar-refractivity contribution in [3.63, 3.8) is 0 Å². The number of carbonyl (C=O) groups is 2. The van der Waals surface area contributed by atoms with Crippen molar-refractivity contribution < 1.29 is 19.1 Å². The number of methoxy groups -OCH3 is 1. The normalized spacial score (nSPS) is 14.2. The first-order valence-electron chi connectivity index (χ1n) is 9.18. The van der Waals surface area contributed by atoms with Crippen LogP contribution in [0.4, 0.5) is 5.00 Å². The van der Waals surface area contributed by atoms with E-state index >= 15 is 0 Å². The van der Waals surface area contributed by atoms with E-state index in [1.54, 1.807) is 6.92 Å². The molecule has 144 valence electrons. The molecule has 0 saturated heterocycles. The van der Waals surface area contributed by atoms with Crippen molar-refractivity contribution in [2.45, 2.75) is 52.6 Å². The molecule has 1 atom stereocenters. The number of carbonyl (C=O) groups excluding carboxylic acids is 2. The molecule has 1 N–H and O–H groups in total. The molecule has 0 spiro atoms. The molecular formula is C21H25NO4S. The van der Waals surface area contributed by atoms with Gasteiger partial charge in [-0.15, -0.1) is 11.3 Å². The van der Waals surface area contributed by atoms with Crippen LogP contribution in [-0.4, -0.2) is 25.1 Å². The highest BCUT2D eigenvalue weighted by atomic mass is 32.1. The van der Waals surface area contributed by atoms with E-state index in [4.69, 9.17) is 9.47 Å². The number of amides is 1. The number of anilines is 1. The highest BCUT2D eigenvalue weighted by Gasteiger charge is 2.28. The van der Waals surface area contributed by atoms with Gasteiger partial charge in [-0.2, -0.15) is 0 Å². The SMILES string of the molecule is COC(=O)c1c(NC(=O)[C@@H](C)Oc2cc(C)ccc2C)sc2c1CCCC2. The number of hydrogen-bond acceptors (Lipinski definition) is 5. The largest absolute Gasteiger partial charge is 0.481 e. The molecule has 1 aromatic carbocycles. The standard InChI is InChI=1S/C21H25NO4S/c1-12-9-10-13(2)16(11-12)26-14(3)19(23)22-20-18(21(24)25-4)15-7-5-6-8-17(15)27-20/h9-11,14H,5-8H2,1-4H3,(H,22,23)/t14-/m1/s1. The van der Waals surface area contributed by atoms with E-state index in [1.165, 1.54) is 23.3 Å². The number of aryl methyl sites for hydroxylation is 3. The summed E-state index contributed by atoms with van der Waals surface area (Å²) in [6.07, 6.45) is 3.26. The lowest BCUT2D eigenvalue weighted by Gasteiger charge is -2.17. The predicted octanol–water partition coefficient (Wildman–Crippen LogP) is 4.44. The lowest BCUT2D eigenvalue weighted by atomic mass is 9.95. The first kappa shape index (κ1) is 19.4. The predicted molar refractivity (Wildman–Crippen MR) is 107 cm³/mol. The Balaban J connectivity index is 1.80. The molecule has 1 aromatic heterocycles. The Morgan fingerprint density at radius 3 is 2.67 bits per heavy atom. The third-order valence-corrected chi connectivity index (χ3v) is 6.02. The van der Waals surface area contributed by atoms with Gasteiger partial charge in [-0.05, 0) is 69.2 Å². The second kappa shape index (κ2) is 8.13. The van der Waals surface area contributed by atoms with Crippen molar-refractivity contribution in [3.05, 3.63) is 45.3 Å². The van der Waals surface area contributed by atoms with Crippen LogP contribution in [0.3, 0.4) is 0 Å². The van der Waals surface area contributed by atoms with Crippen LogP contribution in [0.1, 0.15) is 51.7 Å². The number of rotatable bonds is 5. The maximum Gasteiger partial charge on any atom is 0.341 e. The average molecular weight is 388 g/mol. The van der Waals surface area contributed by atoms with Crippen molar-refractivity contribution in [1.82, 2.24) is 0 Å². The van der Waals surface area contributed by atoms with E-state index in [0.717, 1.165) is 42.4 Å². The van der Waals surface area contributed by atoms with Gasteiger partial charge in [0.2, 0.25) is 0 Å². The van der Waals surface area contributed by atoms with E-state index < -0.39 is 12.1 Å². The summed E-state index contributed by atoms with van der Waals surface area (Å²) in [4.78, 5) is 26.2. The van der Waals surface area contributed by atoms with Crippen molar-refractivity contribution in [2.24, 2.45) is 0 Å². The summed E-state index contributed by atoms with van der Waals surface area (Å²) in [5.41, 5.74) is 3.57. The molecule has 27 heavy (non-hydrogen) atoms. The number of benzene rings is 1. The number of thiophene rings is 1. The molecule has 1 aliphatic rings. The molecule has 0 unspecified atom stereocenters. The Morgan fingerprint density at radius 2 is 1.93 bits per heavy atom. The number of nitrogens with one attached hydrogen (secondary N) is 1. The van der Waals surface area contributed by atoms with Crippen molar-refractivity contribution in [1.29, 1.82) is 0 Å². The van der Waals surface area contributed by atoms with Gasteiger partial charge in [0.1, 0.15) is 10.8 Å². The van der Waals surface area contributed by atoms with Crippen LogP contribution in [0.2, 0.25) is 0 Å². The van der Waals surface area contributed by atoms with Gasteiger partial charge in [0, 0.05) is 4.88 Å². The van der Waals surface area contributed by atoms with Gasteiger partial charge in [0.05, 0.1) is 12.7 Å². The van der Waals surface area contributed by atoms with Crippen LogP contribution in [0.15, 0.2) is 18.2 Å². The first-order valence-corrected chi connectivity index (χ1v) is 10.00. The van der Waals surface area contributed by atoms with E-state index in [0.29, 0.717) is 16.3 Å². The van der Waals surface area contributed by atoms with Gasteiger partial charge in [0.25, 0.3) is 5.91 Å². The van der Waals surface area contributed by atoms with E-state index in [1.807, 2.05) is 32.0 Å². The van der Waals surface area contributed by atoms with Gasteiger partial charge < -0.3 is 14.8 Å². The summed E-state index contributed by atoms with van der Waals surface area (Å²) in [6.45, 7) is 5.64. The quantitative estimate of drug-likeness (QED) is 0.771. The molecular weight excluding hydrogens is 362 g/mol. The lowest BCUT2D eigenvalue weighted by molar-refractivity contribution is -0.122. The van der Waals surface area contributed by atoms with Crippen LogP contribution in [0, 0.1) is 13.8 Å². The molecule has 6 heteroatoms. The number of esters is 1. The lowest BCUT2D eigenvalue weighted by Crippen LogP contribution is -2.30. The Bertz CT molecular complexity index is 871. The molecule has 0 aliphatic heterocycles. The molecule has 1 heterocycles. The molecule has 0 radical (unpaired) electrons. The van der Waals surface area contributed by atoms with Crippen molar-refractivity contribution >= 4 is 28.2 Å². The molecule has 3 rings (SSSR count). The second-order valence-corrected chi connectivity index (χ2v) is 8.03. The molecule has 1 aliphatic carbocycles. The zero-order chi connectivity index (χ0) is 19.6. The summed E-state index contributed by atoms with van der Waals surface area (Å²) in [7, 11) is 1.37. The van der Waals surface area contributed by atoms with Crippen molar-refractivity contribution in [3.8, 4) is 5.75 Å². The molecule has 1 amide bonds. The van der Waals surface area contributed by atoms with Crippen LogP contribution < -0.4 is 10.1 Å². The Hall–Kier alpha value is -2.34. The average Bonchev–Trinajstić information content (AvgIpc) is 3.01. The summed E-state index contributed by atoms with van der Waals surface area (Å²) in [5, 5.41) is 3.46. The fourth-order valence-electron chi connectivity index (χ4n) is 3.26. The van der Waals surface area contributed by atoms with E-state index in [2.05, 4.69) is 5.32 Å². The Morgan fingerprint density at radius 1 is 1.19 bits per heavy atom. The minimum Gasteiger partial charge on any atom is -0.481 e. The Kier molecular flexibility index (Phi) is 5.85. The summed E-state index contributed by atoms with van der Waals surface area (Å²) in [5.74, 6) is 0.0174. The highest BCUT2D eigenvalue weighted by molar-refractivity contribution is 7.17. The third-order valence-electron chi connectivity index (χ3n) is 4.81. The summed E-state index contributed by atoms with van der Waals surface area (Å²) < 4.78 is 10.8. The first-order chi connectivity index (χ1) is 12.9. The van der Waals surface area contributed by atoms with Gasteiger partial charge in [-0.1, -0.05) is 12.1 Å². The van der Waals surface area contributed by atoms with Crippen LogP contribution in [0.5, 0.6) is 5.75 Å². The minimum atomic E-state index is -0.685. The van der Waals surface area contributed by atoms with Gasteiger partial charge in [0.15, 0.2) is 6.10 Å². The molecule has 0 saturated carbocycles. The minimum absolute atomic E-state index is 0.278. The summed E-state index contributed by atoms with van der Waals surface area (Å²) in [6, 6.07) is 5.90. The zero-order valence-electron chi connectivity index (χ0n) is 16.2. The maximum atomic E-state index is 12.7. The monoisotopic (exact) mass is 387 g/mol. The summed E-state index contributed by atoms with van der Waals surface area (Å²) >= 11 is 1.47. The fraction of sp³-hybridized carbons (Fsp3) is 0.429. The van der Waals surface area contributed by atoms with Crippen LogP contribution in [0.25, 0.3) is 0 Å². The topological polar surface area (TPSA) is 64.6 Å². The smallest absolute Gasteiger partial charge is 0.341 e. The Labute approximate surface area is 163 Å². The van der Waals surface area contributed by atoms with Gasteiger partial charge in [-0.3, -0.25) is 4.79 Å². The maximum absolute atomic E-state index is 12.7. The highest BCUT2D eigenvalue weighted by Crippen LogP contribution is 2.38. The van der Waals surface area contributed by atoms with Crippen molar-refractivity contribution in [2.75, 3.05) is 12.4 Å². The molecule has 0 fully saturated rings. The number of hydrogen-bond donors (Lipinski definition) is 1. The van der Waals surface area contributed by atoms with Crippen LogP contribution >= 0.6 is 11.3 Å². The van der Waals surface area contributed by atoms with Crippen LogP contribution in [-0.2, 0) is 22.4 Å². The second-order valence-electron chi connectivity index (χ2n) is 6.92. The molecule has 2 aromatic rings. The van der Waals surface area contributed by atoms with Gasteiger partial charge >= 0.3 is 5.97 Å². The zero-order valence-corrected chi connectivity index (χ0v) is 17.0. The molecule has 0 bridgehead atoms.